The predicted molar refractivity (Wildman–Crippen MR) is 76.1 cm³/mol. The summed E-state index contributed by atoms with van der Waals surface area (Å²) in [5.74, 6) is 0.352. The first kappa shape index (κ1) is 13.7. The van der Waals surface area contributed by atoms with Gasteiger partial charge in [-0.2, -0.15) is 0 Å². The Morgan fingerprint density at radius 1 is 1.47 bits per heavy atom. The van der Waals surface area contributed by atoms with Gasteiger partial charge in [0.25, 0.3) is 5.91 Å². The molecule has 1 amide bonds. The minimum absolute atomic E-state index is 0.142. The first-order valence-corrected chi connectivity index (χ1v) is 6.63. The summed E-state index contributed by atoms with van der Waals surface area (Å²) in [5.41, 5.74) is 7.90. The van der Waals surface area contributed by atoms with Gasteiger partial charge in [-0.3, -0.25) is 4.79 Å². The molecule has 104 valence electrons. The molecule has 19 heavy (non-hydrogen) atoms. The molecule has 2 rings (SSSR count). The zero-order chi connectivity index (χ0) is 13.8. The Labute approximate surface area is 113 Å². The molecule has 5 heteroatoms. The number of nitrogens with two attached hydrogens (primary N) is 1. The topological polar surface area (TPSA) is 87.4 Å². The number of carbonyl (C=O) groups excluding carboxylic acids is 1. The molecule has 1 fully saturated rings. The highest BCUT2D eigenvalue weighted by Crippen LogP contribution is 2.27. The molecule has 0 heterocycles. The van der Waals surface area contributed by atoms with Gasteiger partial charge in [0.05, 0.1) is 17.5 Å². The van der Waals surface area contributed by atoms with Crippen molar-refractivity contribution in [2.75, 3.05) is 24.6 Å². The van der Waals surface area contributed by atoms with E-state index >= 15 is 0 Å². The quantitative estimate of drug-likeness (QED) is 0.615. The zero-order valence-corrected chi connectivity index (χ0v) is 11.1. The normalized spacial score (nSPS) is 22.2. The Balaban J connectivity index is 1.95. The van der Waals surface area contributed by atoms with Gasteiger partial charge in [-0.15, -0.1) is 0 Å². The maximum Gasteiger partial charge on any atom is 0.251 e. The van der Waals surface area contributed by atoms with Crippen molar-refractivity contribution >= 4 is 17.3 Å². The van der Waals surface area contributed by atoms with Gasteiger partial charge >= 0.3 is 0 Å². The van der Waals surface area contributed by atoms with Gasteiger partial charge in [0, 0.05) is 19.2 Å². The van der Waals surface area contributed by atoms with Gasteiger partial charge in [-0.1, -0.05) is 0 Å². The third-order valence-corrected chi connectivity index (χ3v) is 3.64. The Morgan fingerprint density at radius 3 is 2.84 bits per heavy atom. The lowest BCUT2D eigenvalue weighted by atomic mass is 10.1. The highest BCUT2D eigenvalue weighted by atomic mass is 16.3. The van der Waals surface area contributed by atoms with Crippen molar-refractivity contribution in [3.05, 3.63) is 23.8 Å². The number of aliphatic hydroxyl groups is 1. The fraction of sp³-hybridized carbons (Fsp3) is 0.500. The van der Waals surface area contributed by atoms with Gasteiger partial charge < -0.3 is 21.5 Å². The summed E-state index contributed by atoms with van der Waals surface area (Å²) in [5, 5.41) is 15.3. The number of benzene rings is 1. The van der Waals surface area contributed by atoms with Crippen LogP contribution in [0.2, 0.25) is 0 Å². The van der Waals surface area contributed by atoms with Crippen molar-refractivity contribution in [1.29, 1.82) is 0 Å². The summed E-state index contributed by atoms with van der Waals surface area (Å²) in [6.07, 6.45) is 2.63. The smallest absolute Gasteiger partial charge is 0.251 e. The predicted octanol–water partition coefficient (Wildman–Crippen LogP) is 1.20. The van der Waals surface area contributed by atoms with Crippen molar-refractivity contribution in [2.45, 2.75) is 25.4 Å². The van der Waals surface area contributed by atoms with Crippen LogP contribution in [0.15, 0.2) is 18.2 Å². The van der Waals surface area contributed by atoms with E-state index in [0.29, 0.717) is 17.2 Å². The molecule has 1 aromatic carbocycles. The summed E-state index contributed by atoms with van der Waals surface area (Å²) >= 11 is 0. The summed E-state index contributed by atoms with van der Waals surface area (Å²) in [6.45, 7) is 0.806. The largest absolute Gasteiger partial charge is 0.397 e. The maximum atomic E-state index is 11.5. The van der Waals surface area contributed by atoms with Gasteiger partial charge in [0.1, 0.15) is 0 Å². The number of hydrogen-bond donors (Lipinski definition) is 4. The van der Waals surface area contributed by atoms with Crippen LogP contribution in [0.25, 0.3) is 0 Å². The van der Waals surface area contributed by atoms with Crippen LogP contribution in [0.3, 0.4) is 0 Å². The molecule has 2 atom stereocenters. The lowest BCUT2D eigenvalue weighted by molar-refractivity contribution is 0.0963. The number of aliphatic hydroxyl groups excluding tert-OH is 1. The third-order valence-electron chi connectivity index (χ3n) is 3.64. The first-order valence-electron chi connectivity index (χ1n) is 6.63. The number of carbonyl (C=O) groups is 1. The third kappa shape index (κ3) is 3.38. The molecule has 0 aromatic heterocycles. The Bertz CT molecular complexity index is 462. The molecular formula is C14H21N3O2. The van der Waals surface area contributed by atoms with Gasteiger partial charge in [-0.05, 0) is 43.4 Å². The molecule has 2 unspecified atom stereocenters. The maximum absolute atomic E-state index is 11.5. The minimum Gasteiger partial charge on any atom is -0.397 e. The molecule has 5 nitrogen and oxygen atoms in total. The number of rotatable bonds is 4. The molecule has 0 radical (unpaired) electrons. The second kappa shape index (κ2) is 5.93. The second-order valence-electron chi connectivity index (χ2n) is 5.09. The highest BCUT2D eigenvalue weighted by molar-refractivity contribution is 5.95. The fourth-order valence-electron chi connectivity index (χ4n) is 2.50. The van der Waals surface area contributed by atoms with Crippen LogP contribution in [0.5, 0.6) is 0 Å². The molecule has 0 spiro atoms. The Morgan fingerprint density at radius 2 is 2.26 bits per heavy atom. The van der Waals surface area contributed by atoms with Crippen molar-refractivity contribution in [3.63, 3.8) is 0 Å². The van der Waals surface area contributed by atoms with Crippen LogP contribution in [-0.4, -0.2) is 30.7 Å². The van der Waals surface area contributed by atoms with E-state index < -0.39 is 0 Å². The van der Waals surface area contributed by atoms with E-state index in [0.717, 1.165) is 31.5 Å². The number of nitrogens with one attached hydrogen (secondary N) is 2. The van der Waals surface area contributed by atoms with Crippen molar-refractivity contribution in [1.82, 2.24) is 5.32 Å². The van der Waals surface area contributed by atoms with Crippen LogP contribution in [0, 0.1) is 5.92 Å². The number of amides is 1. The average Bonchev–Trinajstić information content (AvgIpc) is 2.82. The SMILES string of the molecule is CNC(=O)c1ccc(NCC2CCC(O)C2)c(N)c1. The van der Waals surface area contributed by atoms with Gasteiger partial charge in [-0.25, -0.2) is 0 Å². The molecular weight excluding hydrogens is 242 g/mol. The van der Waals surface area contributed by atoms with Crippen molar-refractivity contribution < 1.29 is 9.90 Å². The Hall–Kier alpha value is -1.75. The van der Waals surface area contributed by atoms with E-state index in [1.165, 1.54) is 0 Å². The fourth-order valence-corrected chi connectivity index (χ4v) is 2.50. The van der Waals surface area contributed by atoms with E-state index in [1.807, 2.05) is 6.07 Å². The van der Waals surface area contributed by atoms with Gasteiger partial charge in [0.15, 0.2) is 0 Å². The first-order chi connectivity index (χ1) is 9.10. The van der Waals surface area contributed by atoms with Crippen molar-refractivity contribution in [2.24, 2.45) is 5.92 Å². The van der Waals surface area contributed by atoms with Crippen LogP contribution in [0.1, 0.15) is 29.6 Å². The Kier molecular flexibility index (Phi) is 4.27. The van der Waals surface area contributed by atoms with Gasteiger partial charge in [0.2, 0.25) is 0 Å². The average molecular weight is 263 g/mol. The monoisotopic (exact) mass is 263 g/mol. The molecule has 1 saturated carbocycles. The number of anilines is 2. The number of nitrogen functional groups attached to an aromatic ring is 1. The summed E-state index contributed by atoms with van der Waals surface area (Å²) in [4.78, 5) is 11.5. The van der Waals surface area contributed by atoms with E-state index in [1.54, 1.807) is 19.2 Å². The van der Waals surface area contributed by atoms with Crippen LogP contribution < -0.4 is 16.4 Å². The van der Waals surface area contributed by atoms with E-state index in [-0.39, 0.29) is 12.0 Å². The van der Waals surface area contributed by atoms with E-state index in [2.05, 4.69) is 10.6 Å². The molecule has 5 N–H and O–H groups in total. The zero-order valence-electron chi connectivity index (χ0n) is 11.1. The molecule has 0 saturated heterocycles. The molecule has 0 aliphatic heterocycles. The molecule has 1 aliphatic carbocycles. The van der Waals surface area contributed by atoms with E-state index in [4.69, 9.17) is 5.73 Å². The van der Waals surface area contributed by atoms with Crippen LogP contribution >= 0.6 is 0 Å². The van der Waals surface area contributed by atoms with Crippen LogP contribution in [0.4, 0.5) is 11.4 Å². The number of hydrogen-bond acceptors (Lipinski definition) is 4. The van der Waals surface area contributed by atoms with E-state index in [9.17, 15) is 9.90 Å². The molecule has 1 aliphatic rings. The second-order valence-corrected chi connectivity index (χ2v) is 5.09. The lowest BCUT2D eigenvalue weighted by Crippen LogP contribution is -2.18. The summed E-state index contributed by atoms with van der Waals surface area (Å²) < 4.78 is 0. The summed E-state index contributed by atoms with van der Waals surface area (Å²) in [6, 6.07) is 5.25. The standard InChI is InChI=1S/C14H21N3O2/c1-16-14(19)10-3-5-13(12(15)7-10)17-8-9-2-4-11(18)6-9/h3,5,7,9,11,17-18H,2,4,6,8,15H2,1H3,(H,16,19). The molecule has 0 bridgehead atoms. The van der Waals surface area contributed by atoms with Crippen LogP contribution in [-0.2, 0) is 0 Å². The molecule has 1 aromatic rings. The lowest BCUT2D eigenvalue weighted by Gasteiger charge is -2.14. The highest BCUT2D eigenvalue weighted by Gasteiger charge is 2.22. The summed E-state index contributed by atoms with van der Waals surface area (Å²) in [7, 11) is 1.59. The van der Waals surface area contributed by atoms with Crippen molar-refractivity contribution in [3.8, 4) is 0 Å². The minimum atomic E-state index is -0.153.